The van der Waals surface area contributed by atoms with E-state index in [-0.39, 0.29) is 10.8 Å². The number of benzene rings is 5. The Morgan fingerprint density at radius 2 is 1.18 bits per heavy atom. The standard InChI is InChI=1S/C40H33NOS2/c1-39(2)27-16-8-10-22-33(27)42-37-29(39)18-12-20-31(37)41(36-25-24-34(43-36)26-14-6-5-7-15-26)32-21-13-19-30-38(32)44-35-23-11-9-17-28(35)40(30,3)4/h5-25H,1-4H3. The van der Waals surface area contributed by atoms with Crippen LogP contribution in [0, 0.1) is 0 Å². The highest BCUT2D eigenvalue weighted by Gasteiger charge is 2.39. The third-order valence-electron chi connectivity index (χ3n) is 9.23. The Hall–Kier alpha value is -4.25. The summed E-state index contributed by atoms with van der Waals surface area (Å²) in [6, 6.07) is 45.9. The fraction of sp³-hybridized carbons (Fsp3) is 0.150. The van der Waals surface area contributed by atoms with Gasteiger partial charge in [-0.05, 0) is 53.1 Å². The minimum Gasteiger partial charge on any atom is -0.455 e. The molecular weight excluding hydrogens is 575 g/mol. The topological polar surface area (TPSA) is 12.5 Å². The van der Waals surface area contributed by atoms with E-state index >= 15 is 0 Å². The van der Waals surface area contributed by atoms with E-state index in [2.05, 4.69) is 160 Å². The van der Waals surface area contributed by atoms with Crippen LogP contribution in [0.3, 0.4) is 0 Å². The summed E-state index contributed by atoms with van der Waals surface area (Å²) in [5, 5.41) is 1.16. The van der Waals surface area contributed by atoms with Crippen molar-refractivity contribution in [2.24, 2.45) is 0 Å². The van der Waals surface area contributed by atoms with Crippen molar-refractivity contribution in [3.05, 3.63) is 150 Å². The lowest BCUT2D eigenvalue weighted by Crippen LogP contribution is -2.26. The second kappa shape index (κ2) is 10.2. The van der Waals surface area contributed by atoms with Gasteiger partial charge in [0.15, 0.2) is 5.75 Å². The number of hydrogen-bond acceptors (Lipinski definition) is 4. The molecule has 216 valence electrons. The first-order valence-electron chi connectivity index (χ1n) is 15.1. The molecule has 2 nitrogen and oxygen atoms in total. The molecule has 3 heterocycles. The first-order chi connectivity index (χ1) is 21.3. The van der Waals surface area contributed by atoms with Gasteiger partial charge >= 0.3 is 0 Å². The highest BCUT2D eigenvalue weighted by atomic mass is 32.2. The van der Waals surface area contributed by atoms with E-state index in [1.807, 2.05) is 23.1 Å². The maximum Gasteiger partial charge on any atom is 0.155 e. The number of para-hydroxylation sites is 2. The molecule has 8 rings (SSSR count). The Morgan fingerprint density at radius 1 is 0.545 bits per heavy atom. The minimum atomic E-state index is -0.206. The molecule has 2 aliphatic rings. The Labute approximate surface area is 268 Å². The molecule has 0 spiro atoms. The van der Waals surface area contributed by atoms with Crippen LogP contribution >= 0.6 is 23.1 Å². The smallest absolute Gasteiger partial charge is 0.155 e. The predicted octanol–water partition coefficient (Wildman–Crippen LogP) is 12.1. The number of rotatable bonds is 4. The molecule has 4 heteroatoms. The predicted molar refractivity (Wildman–Crippen MR) is 186 cm³/mol. The molecule has 44 heavy (non-hydrogen) atoms. The van der Waals surface area contributed by atoms with E-state index < -0.39 is 0 Å². The molecule has 6 aromatic rings. The summed E-state index contributed by atoms with van der Waals surface area (Å²) in [5.74, 6) is 1.84. The molecule has 0 radical (unpaired) electrons. The summed E-state index contributed by atoms with van der Waals surface area (Å²) in [6.45, 7) is 9.31. The SMILES string of the molecule is CC1(C)c2ccccc2Oc2c(N(c3ccc(-c4ccccc4)s3)c3cccc4c3Sc3ccccc3C4(C)C)cccc21. The normalized spacial score (nSPS) is 15.3. The molecule has 0 saturated carbocycles. The Bertz CT molecular complexity index is 1930. The third-order valence-corrected chi connectivity index (χ3v) is 11.6. The molecule has 0 saturated heterocycles. The molecule has 0 N–H and O–H groups in total. The van der Waals surface area contributed by atoms with Crippen LogP contribution in [0.4, 0.5) is 16.4 Å². The van der Waals surface area contributed by atoms with Crippen LogP contribution in [-0.2, 0) is 10.8 Å². The van der Waals surface area contributed by atoms with Gasteiger partial charge in [-0.3, -0.25) is 4.90 Å². The lowest BCUT2D eigenvalue weighted by atomic mass is 9.75. The van der Waals surface area contributed by atoms with Crippen LogP contribution in [0.5, 0.6) is 11.5 Å². The van der Waals surface area contributed by atoms with Crippen LogP contribution in [-0.4, -0.2) is 0 Å². The Balaban J connectivity index is 1.37. The Kier molecular flexibility index (Phi) is 6.30. The monoisotopic (exact) mass is 607 g/mol. The molecule has 0 fully saturated rings. The second-order valence-electron chi connectivity index (χ2n) is 12.6. The first-order valence-corrected chi connectivity index (χ1v) is 16.7. The number of anilines is 3. The fourth-order valence-corrected chi connectivity index (χ4v) is 9.36. The van der Waals surface area contributed by atoms with Gasteiger partial charge in [-0.1, -0.05) is 130 Å². The summed E-state index contributed by atoms with van der Waals surface area (Å²) >= 11 is 3.70. The van der Waals surface area contributed by atoms with Crippen molar-refractivity contribution in [3.8, 4) is 21.9 Å². The van der Waals surface area contributed by atoms with Crippen molar-refractivity contribution in [1.29, 1.82) is 0 Å². The quantitative estimate of drug-likeness (QED) is 0.198. The highest BCUT2D eigenvalue weighted by Crippen LogP contribution is 2.58. The average Bonchev–Trinajstić information content (AvgIpc) is 3.52. The number of fused-ring (bicyclic) bond motifs is 4. The maximum absolute atomic E-state index is 6.86. The van der Waals surface area contributed by atoms with Crippen LogP contribution < -0.4 is 9.64 Å². The van der Waals surface area contributed by atoms with E-state index in [1.165, 1.54) is 48.2 Å². The van der Waals surface area contributed by atoms with E-state index in [9.17, 15) is 0 Å². The van der Waals surface area contributed by atoms with Gasteiger partial charge in [0.1, 0.15) is 10.8 Å². The summed E-state index contributed by atoms with van der Waals surface area (Å²) in [5.41, 5.74) is 8.25. The number of ether oxygens (including phenoxy) is 1. The number of hydrogen-bond donors (Lipinski definition) is 0. The molecule has 2 aliphatic heterocycles. The van der Waals surface area contributed by atoms with Crippen molar-refractivity contribution in [3.63, 3.8) is 0 Å². The van der Waals surface area contributed by atoms with Gasteiger partial charge in [-0.15, -0.1) is 11.3 Å². The summed E-state index contributed by atoms with van der Waals surface area (Å²) < 4.78 is 6.86. The number of thiophene rings is 1. The van der Waals surface area contributed by atoms with E-state index in [4.69, 9.17) is 4.74 Å². The number of nitrogens with zero attached hydrogens (tertiary/aromatic N) is 1. The summed E-state index contributed by atoms with van der Waals surface area (Å²) in [6.07, 6.45) is 0. The van der Waals surface area contributed by atoms with Gasteiger partial charge in [0.2, 0.25) is 0 Å². The van der Waals surface area contributed by atoms with Crippen LogP contribution in [0.1, 0.15) is 49.9 Å². The third kappa shape index (κ3) is 4.16. The maximum atomic E-state index is 6.86. The van der Waals surface area contributed by atoms with Gasteiger partial charge in [-0.25, -0.2) is 0 Å². The lowest BCUT2D eigenvalue weighted by molar-refractivity contribution is 0.419. The first kappa shape index (κ1) is 27.3. The van der Waals surface area contributed by atoms with Crippen molar-refractivity contribution >= 4 is 39.5 Å². The van der Waals surface area contributed by atoms with Gasteiger partial charge in [0.25, 0.3) is 0 Å². The minimum absolute atomic E-state index is 0.128. The summed E-state index contributed by atoms with van der Waals surface area (Å²) in [7, 11) is 0. The van der Waals surface area contributed by atoms with Gasteiger partial charge < -0.3 is 4.74 Å². The van der Waals surface area contributed by atoms with Crippen LogP contribution in [0.25, 0.3) is 10.4 Å². The second-order valence-corrected chi connectivity index (χ2v) is 14.7. The van der Waals surface area contributed by atoms with E-state index in [1.54, 1.807) is 0 Å². The van der Waals surface area contributed by atoms with E-state index in [0.29, 0.717) is 0 Å². The van der Waals surface area contributed by atoms with Gasteiger partial charge in [0.05, 0.1) is 11.4 Å². The lowest BCUT2D eigenvalue weighted by Gasteiger charge is -2.39. The molecule has 0 aliphatic carbocycles. The van der Waals surface area contributed by atoms with Crippen molar-refractivity contribution < 1.29 is 4.74 Å². The van der Waals surface area contributed by atoms with Gasteiger partial charge in [-0.2, -0.15) is 0 Å². The molecule has 0 amide bonds. The van der Waals surface area contributed by atoms with E-state index in [0.717, 1.165) is 22.2 Å². The fourth-order valence-electron chi connectivity index (χ4n) is 6.83. The molecular formula is C40H33NOS2. The van der Waals surface area contributed by atoms with Crippen LogP contribution in [0.15, 0.2) is 137 Å². The molecule has 1 aromatic heterocycles. The average molecular weight is 608 g/mol. The molecule has 0 atom stereocenters. The van der Waals surface area contributed by atoms with Crippen molar-refractivity contribution in [2.45, 2.75) is 48.3 Å². The van der Waals surface area contributed by atoms with Crippen molar-refractivity contribution in [2.75, 3.05) is 4.90 Å². The highest BCUT2D eigenvalue weighted by molar-refractivity contribution is 7.99. The van der Waals surface area contributed by atoms with Crippen molar-refractivity contribution in [1.82, 2.24) is 0 Å². The van der Waals surface area contributed by atoms with Crippen LogP contribution in [0.2, 0.25) is 0 Å². The van der Waals surface area contributed by atoms with Gasteiger partial charge in [0, 0.05) is 36.6 Å². The summed E-state index contributed by atoms with van der Waals surface area (Å²) in [4.78, 5) is 6.29. The zero-order valence-electron chi connectivity index (χ0n) is 25.3. The molecule has 5 aromatic carbocycles. The molecule has 0 unspecified atom stereocenters. The largest absolute Gasteiger partial charge is 0.455 e. The molecule has 0 bridgehead atoms. The Morgan fingerprint density at radius 3 is 2.00 bits per heavy atom. The zero-order chi connectivity index (χ0) is 30.1. The zero-order valence-corrected chi connectivity index (χ0v) is 26.9.